The van der Waals surface area contributed by atoms with Crippen molar-refractivity contribution in [1.29, 1.82) is 0 Å². The van der Waals surface area contributed by atoms with E-state index in [1.807, 2.05) is 53.3 Å². The second kappa shape index (κ2) is 6.02. The van der Waals surface area contributed by atoms with Crippen LogP contribution in [0.5, 0.6) is 0 Å². The Hall–Kier alpha value is -3.21. The molecule has 1 aliphatic rings. The van der Waals surface area contributed by atoms with E-state index in [1.54, 1.807) is 7.05 Å². The molecule has 4 rings (SSSR count). The van der Waals surface area contributed by atoms with E-state index in [1.165, 1.54) is 10.5 Å². The summed E-state index contributed by atoms with van der Waals surface area (Å²) < 4.78 is 1.89. The standard InChI is InChI=1S/C20H17N3O2/c1-22-18-11-15(7-8-16(18)12-19(24)20(22)25)17-9-10-23(21-17)13-14-5-3-2-4-6-14/h2-11H,12-13H2,1H3. The lowest BCUT2D eigenvalue weighted by molar-refractivity contribution is -0.136. The molecule has 25 heavy (non-hydrogen) atoms. The molecular weight excluding hydrogens is 314 g/mol. The van der Waals surface area contributed by atoms with Crippen molar-refractivity contribution in [2.24, 2.45) is 0 Å². The maximum atomic E-state index is 11.9. The largest absolute Gasteiger partial charge is 0.309 e. The van der Waals surface area contributed by atoms with Crippen LogP contribution in [0.15, 0.2) is 60.8 Å². The van der Waals surface area contributed by atoms with E-state index in [0.29, 0.717) is 6.54 Å². The first kappa shape index (κ1) is 15.3. The van der Waals surface area contributed by atoms with Crippen LogP contribution in [0.2, 0.25) is 0 Å². The quantitative estimate of drug-likeness (QED) is 0.694. The van der Waals surface area contributed by atoms with Gasteiger partial charge in [0.15, 0.2) is 0 Å². The molecular formula is C20H17N3O2. The van der Waals surface area contributed by atoms with Gasteiger partial charge in [0.2, 0.25) is 5.78 Å². The number of likely N-dealkylation sites (N-methyl/N-ethyl adjacent to an activating group) is 1. The number of benzene rings is 2. The van der Waals surface area contributed by atoms with E-state index in [-0.39, 0.29) is 12.2 Å². The number of ketones is 1. The summed E-state index contributed by atoms with van der Waals surface area (Å²) in [5, 5.41) is 4.63. The molecule has 0 unspecified atom stereocenters. The maximum absolute atomic E-state index is 11.9. The molecule has 0 spiro atoms. The molecule has 0 N–H and O–H groups in total. The summed E-state index contributed by atoms with van der Waals surface area (Å²) in [7, 11) is 1.63. The summed E-state index contributed by atoms with van der Waals surface area (Å²) >= 11 is 0. The molecule has 0 bridgehead atoms. The van der Waals surface area contributed by atoms with Gasteiger partial charge >= 0.3 is 0 Å². The highest BCUT2D eigenvalue weighted by atomic mass is 16.2. The predicted molar refractivity (Wildman–Crippen MR) is 95.3 cm³/mol. The Balaban J connectivity index is 1.63. The van der Waals surface area contributed by atoms with Crippen molar-refractivity contribution >= 4 is 17.4 Å². The Morgan fingerprint density at radius 1 is 1.04 bits per heavy atom. The summed E-state index contributed by atoms with van der Waals surface area (Å²) in [6, 6.07) is 17.9. The summed E-state index contributed by atoms with van der Waals surface area (Å²) in [4.78, 5) is 25.0. The summed E-state index contributed by atoms with van der Waals surface area (Å²) in [6.45, 7) is 0.707. The van der Waals surface area contributed by atoms with Gasteiger partial charge in [-0.1, -0.05) is 42.5 Å². The van der Waals surface area contributed by atoms with E-state index in [0.717, 1.165) is 22.5 Å². The molecule has 5 heteroatoms. The normalized spacial score (nSPS) is 13.9. The Bertz CT molecular complexity index is 960. The zero-order valence-electron chi connectivity index (χ0n) is 13.8. The van der Waals surface area contributed by atoms with Gasteiger partial charge < -0.3 is 4.90 Å². The molecule has 0 radical (unpaired) electrons. The average Bonchev–Trinajstić information content (AvgIpc) is 3.09. The number of hydrogen-bond acceptors (Lipinski definition) is 3. The third kappa shape index (κ3) is 2.85. The number of carbonyl (C=O) groups is 2. The van der Waals surface area contributed by atoms with Gasteiger partial charge in [0.25, 0.3) is 5.91 Å². The molecule has 0 saturated carbocycles. The predicted octanol–water partition coefficient (Wildman–Crippen LogP) is 2.69. The maximum Gasteiger partial charge on any atom is 0.294 e. The Kier molecular flexibility index (Phi) is 3.69. The monoisotopic (exact) mass is 331 g/mol. The molecule has 124 valence electrons. The van der Waals surface area contributed by atoms with Gasteiger partial charge in [0.05, 0.1) is 12.2 Å². The molecule has 5 nitrogen and oxygen atoms in total. The number of fused-ring (bicyclic) bond motifs is 1. The number of aromatic nitrogens is 2. The van der Waals surface area contributed by atoms with E-state index in [9.17, 15) is 9.59 Å². The number of amides is 1. The van der Waals surface area contributed by atoms with Gasteiger partial charge in [-0.05, 0) is 23.3 Å². The zero-order valence-corrected chi connectivity index (χ0v) is 13.8. The van der Waals surface area contributed by atoms with Gasteiger partial charge in [0, 0.05) is 30.9 Å². The van der Waals surface area contributed by atoms with Crippen LogP contribution in [-0.2, 0) is 22.6 Å². The SMILES string of the molecule is CN1C(=O)C(=O)Cc2ccc(-c3ccn(Cc4ccccc4)n3)cc21. The highest BCUT2D eigenvalue weighted by Crippen LogP contribution is 2.30. The average molecular weight is 331 g/mol. The van der Waals surface area contributed by atoms with Crippen molar-refractivity contribution in [1.82, 2.24) is 9.78 Å². The van der Waals surface area contributed by atoms with Crippen LogP contribution in [0.4, 0.5) is 5.69 Å². The van der Waals surface area contributed by atoms with Crippen LogP contribution in [0.1, 0.15) is 11.1 Å². The van der Waals surface area contributed by atoms with E-state index < -0.39 is 5.91 Å². The Morgan fingerprint density at radius 2 is 1.84 bits per heavy atom. The second-order valence-electron chi connectivity index (χ2n) is 6.19. The number of nitrogens with zero attached hydrogens (tertiary/aromatic N) is 3. The molecule has 3 aromatic rings. The highest BCUT2D eigenvalue weighted by Gasteiger charge is 2.28. The van der Waals surface area contributed by atoms with Crippen LogP contribution >= 0.6 is 0 Å². The number of hydrogen-bond donors (Lipinski definition) is 0. The van der Waals surface area contributed by atoms with Crippen molar-refractivity contribution in [2.45, 2.75) is 13.0 Å². The fourth-order valence-corrected chi connectivity index (χ4v) is 3.10. The van der Waals surface area contributed by atoms with Crippen molar-refractivity contribution in [3.05, 3.63) is 71.9 Å². The molecule has 0 fully saturated rings. The van der Waals surface area contributed by atoms with Crippen molar-refractivity contribution in [3.8, 4) is 11.3 Å². The molecule has 1 aliphatic heterocycles. The summed E-state index contributed by atoms with van der Waals surface area (Å²) in [5.74, 6) is -0.825. The first-order chi connectivity index (χ1) is 12.1. The van der Waals surface area contributed by atoms with Crippen LogP contribution in [0.3, 0.4) is 0 Å². The Labute approximate surface area is 145 Å². The number of Topliss-reactive ketones (excluding diaryl/α,β-unsaturated/α-hetero) is 1. The van der Waals surface area contributed by atoms with Gasteiger partial charge in [0.1, 0.15) is 0 Å². The number of rotatable bonds is 3. The minimum Gasteiger partial charge on any atom is -0.309 e. The molecule has 1 aromatic heterocycles. The number of carbonyl (C=O) groups excluding carboxylic acids is 2. The first-order valence-corrected chi connectivity index (χ1v) is 8.13. The lowest BCUT2D eigenvalue weighted by Gasteiger charge is -2.25. The van der Waals surface area contributed by atoms with Crippen molar-refractivity contribution in [2.75, 3.05) is 11.9 Å². The van der Waals surface area contributed by atoms with E-state index in [4.69, 9.17) is 0 Å². The summed E-state index contributed by atoms with van der Waals surface area (Å²) in [6.07, 6.45) is 2.11. The highest BCUT2D eigenvalue weighted by molar-refractivity contribution is 6.43. The minimum absolute atomic E-state index is 0.168. The van der Waals surface area contributed by atoms with Crippen LogP contribution in [0.25, 0.3) is 11.3 Å². The van der Waals surface area contributed by atoms with Gasteiger partial charge in [-0.2, -0.15) is 5.10 Å². The lowest BCUT2D eigenvalue weighted by atomic mass is 9.98. The van der Waals surface area contributed by atoms with Gasteiger partial charge in [-0.15, -0.1) is 0 Å². The smallest absolute Gasteiger partial charge is 0.294 e. The molecule has 2 heterocycles. The summed E-state index contributed by atoms with van der Waals surface area (Å²) in [5.41, 5.74) is 4.61. The molecule has 2 aromatic carbocycles. The first-order valence-electron chi connectivity index (χ1n) is 8.13. The molecule has 0 saturated heterocycles. The molecule has 0 atom stereocenters. The van der Waals surface area contributed by atoms with E-state index >= 15 is 0 Å². The van der Waals surface area contributed by atoms with Gasteiger partial charge in [-0.3, -0.25) is 14.3 Å². The van der Waals surface area contributed by atoms with Crippen molar-refractivity contribution in [3.63, 3.8) is 0 Å². The fourth-order valence-electron chi connectivity index (χ4n) is 3.10. The third-order valence-electron chi connectivity index (χ3n) is 4.46. The van der Waals surface area contributed by atoms with Gasteiger partial charge in [-0.25, -0.2) is 0 Å². The fraction of sp³-hybridized carbons (Fsp3) is 0.150. The van der Waals surface area contributed by atoms with Crippen molar-refractivity contribution < 1.29 is 9.59 Å². The van der Waals surface area contributed by atoms with Crippen LogP contribution in [-0.4, -0.2) is 28.5 Å². The number of anilines is 1. The molecule has 0 aliphatic carbocycles. The van der Waals surface area contributed by atoms with Crippen LogP contribution in [0, 0.1) is 0 Å². The second-order valence-corrected chi connectivity index (χ2v) is 6.19. The lowest BCUT2D eigenvalue weighted by Crippen LogP contribution is -2.38. The van der Waals surface area contributed by atoms with E-state index in [2.05, 4.69) is 17.2 Å². The zero-order chi connectivity index (χ0) is 17.4. The minimum atomic E-state index is -0.459. The molecule has 1 amide bonds. The topological polar surface area (TPSA) is 55.2 Å². The third-order valence-corrected chi connectivity index (χ3v) is 4.46. The van der Waals surface area contributed by atoms with Crippen LogP contribution < -0.4 is 4.90 Å². The Morgan fingerprint density at radius 3 is 2.64 bits per heavy atom.